The quantitative estimate of drug-likeness (QED) is 0.631. The summed E-state index contributed by atoms with van der Waals surface area (Å²) in [5.74, 6) is -1.64. The van der Waals surface area contributed by atoms with E-state index < -0.39 is 18.2 Å². The van der Waals surface area contributed by atoms with Gasteiger partial charge in [0.1, 0.15) is 0 Å². The van der Waals surface area contributed by atoms with E-state index in [-0.39, 0.29) is 6.61 Å². The van der Waals surface area contributed by atoms with Crippen LogP contribution in [0, 0.1) is 0 Å². The van der Waals surface area contributed by atoms with Gasteiger partial charge in [-0.15, -0.1) is 0 Å². The molecule has 0 heterocycles. The van der Waals surface area contributed by atoms with Crippen LogP contribution in [0.25, 0.3) is 0 Å². The average Bonchev–Trinajstić information content (AvgIpc) is 2.12. The van der Waals surface area contributed by atoms with Gasteiger partial charge >= 0.3 is 12.1 Å². The van der Waals surface area contributed by atoms with E-state index in [2.05, 4.69) is 9.47 Å². The molecule has 0 aliphatic carbocycles. The molecule has 0 unspecified atom stereocenters. The van der Waals surface area contributed by atoms with Crippen molar-refractivity contribution in [1.29, 1.82) is 0 Å². The monoisotopic (exact) mass is 200 g/mol. The van der Waals surface area contributed by atoms with Gasteiger partial charge in [-0.3, -0.25) is 0 Å². The van der Waals surface area contributed by atoms with Crippen LogP contribution in [0.4, 0.5) is 13.2 Å². The lowest BCUT2D eigenvalue weighted by Gasteiger charge is -2.18. The number of halogens is 3. The van der Waals surface area contributed by atoms with E-state index in [1.165, 1.54) is 0 Å². The molecular weight excluding hydrogens is 189 g/mol. The summed E-state index contributed by atoms with van der Waals surface area (Å²) in [5, 5.41) is 0. The standard InChI is InChI=1S/C7H11F3O3/c1-3-4-13-7(9,10)5(8)6(11)12-2/h5H,3-4H2,1-2H3/t5-/m1/s1. The number of hydrogen-bond acceptors (Lipinski definition) is 3. The Morgan fingerprint density at radius 1 is 1.54 bits per heavy atom. The van der Waals surface area contributed by atoms with Gasteiger partial charge in [-0.05, 0) is 6.42 Å². The minimum Gasteiger partial charge on any atom is -0.467 e. The van der Waals surface area contributed by atoms with E-state index in [4.69, 9.17) is 0 Å². The Morgan fingerprint density at radius 3 is 2.46 bits per heavy atom. The summed E-state index contributed by atoms with van der Waals surface area (Å²) < 4.78 is 45.3. The van der Waals surface area contributed by atoms with Gasteiger partial charge in [0.2, 0.25) is 0 Å². The van der Waals surface area contributed by atoms with E-state index in [0.717, 1.165) is 7.11 Å². The Morgan fingerprint density at radius 2 is 2.08 bits per heavy atom. The van der Waals surface area contributed by atoms with Gasteiger partial charge in [0.05, 0.1) is 13.7 Å². The molecule has 0 saturated carbocycles. The highest BCUT2D eigenvalue weighted by Gasteiger charge is 2.47. The van der Waals surface area contributed by atoms with Crippen LogP contribution in [0.1, 0.15) is 13.3 Å². The Hall–Kier alpha value is -0.780. The van der Waals surface area contributed by atoms with Crippen LogP contribution in [0.3, 0.4) is 0 Å². The summed E-state index contributed by atoms with van der Waals surface area (Å²) in [6.45, 7) is 1.27. The molecule has 1 atom stereocenters. The third-order valence-electron chi connectivity index (χ3n) is 1.20. The van der Waals surface area contributed by atoms with Crippen LogP contribution in [0.15, 0.2) is 0 Å². The van der Waals surface area contributed by atoms with Crippen LogP contribution in [-0.2, 0) is 14.3 Å². The Kier molecular flexibility index (Phi) is 4.76. The lowest BCUT2D eigenvalue weighted by Crippen LogP contribution is -2.39. The van der Waals surface area contributed by atoms with E-state index in [1.807, 2.05) is 0 Å². The maximum absolute atomic E-state index is 12.5. The van der Waals surface area contributed by atoms with Crippen molar-refractivity contribution in [3.63, 3.8) is 0 Å². The SMILES string of the molecule is CCCOC(F)(F)[C@H](F)C(=O)OC. The van der Waals surface area contributed by atoms with Gasteiger partial charge in [-0.25, -0.2) is 9.18 Å². The molecule has 0 saturated heterocycles. The Balaban J connectivity index is 4.17. The van der Waals surface area contributed by atoms with Crippen molar-refractivity contribution in [2.45, 2.75) is 25.6 Å². The molecule has 0 aromatic rings. The van der Waals surface area contributed by atoms with Crippen molar-refractivity contribution < 1.29 is 27.4 Å². The van der Waals surface area contributed by atoms with Crippen LogP contribution in [-0.4, -0.2) is 32.0 Å². The first kappa shape index (κ1) is 12.2. The minimum atomic E-state index is -4.11. The van der Waals surface area contributed by atoms with E-state index in [9.17, 15) is 18.0 Å². The highest BCUT2D eigenvalue weighted by molar-refractivity contribution is 5.75. The molecule has 0 radical (unpaired) electrons. The molecule has 0 spiro atoms. The predicted molar refractivity (Wildman–Crippen MR) is 38.1 cm³/mol. The van der Waals surface area contributed by atoms with Crippen molar-refractivity contribution in [3.05, 3.63) is 0 Å². The number of ether oxygens (including phenoxy) is 2. The molecule has 0 aliphatic heterocycles. The molecule has 0 aromatic carbocycles. The second kappa shape index (κ2) is 5.06. The lowest BCUT2D eigenvalue weighted by molar-refractivity contribution is -0.272. The number of hydrogen-bond donors (Lipinski definition) is 0. The molecule has 0 aliphatic rings. The first-order valence-corrected chi connectivity index (χ1v) is 3.69. The molecule has 0 rings (SSSR count). The topological polar surface area (TPSA) is 35.5 Å². The molecule has 3 nitrogen and oxygen atoms in total. The van der Waals surface area contributed by atoms with Crippen molar-refractivity contribution >= 4 is 5.97 Å². The second-order valence-electron chi connectivity index (χ2n) is 2.30. The van der Waals surface area contributed by atoms with Gasteiger partial charge < -0.3 is 9.47 Å². The summed E-state index contributed by atoms with van der Waals surface area (Å²) in [6, 6.07) is 0. The van der Waals surface area contributed by atoms with Crippen molar-refractivity contribution in [1.82, 2.24) is 0 Å². The first-order valence-electron chi connectivity index (χ1n) is 3.69. The van der Waals surface area contributed by atoms with Gasteiger partial charge in [0.25, 0.3) is 6.17 Å². The molecule has 0 amide bonds. The number of carbonyl (C=O) groups is 1. The van der Waals surface area contributed by atoms with Gasteiger partial charge in [-0.2, -0.15) is 8.78 Å². The highest BCUT2D eigenvalue weighted by atomic mass is 19.3. The molecule has 6 heteroatoms. The van der Waals surface area contributed by atoms with Crippen LogP contribution < -0.4 is 0 Å². The largest absolute Gasteiger partial charge is 0.467 e. The first-order chi connectivity index (χ1) is 5.95. The van der Waals surface area contributed by atoms with Gasteiger partial charge in [0, 0.05) is 0 Å². The van der Waals surface area contributed by atoms with E-state index in [0.29, 0.717) is 6.42 Å². The predicted octanol–water partition coefficient (Wildman–Crippen LogP) is 1.52. The van der Waals surface area contributed by atoms with Crippen molar-refractivity contribution in [2.24, 2.45) is 0 Å². The Labute approximate surface area is 73.8 Å². The molecule has 0 N–H and O–H groups in total. The lowest BCUT2D eigenvalue weighted by atomic mass is 10.3. The summed E-state index contributed by atoms with van der Waals surface area (Å²) >= 11 is 0. The third kappa shape index (κ3) is 3.63. The van der Waals surface area contributed by atoms with Crippen LogP contribution in [0.5, 0.6) is 0 Å². The highest BCUT2D eigenvalue weighted by Crippen LogP contribution is 2.24. The molecule has 13 heavy (non-hydrogen) atoms. The zero-order valence-corrected chi connectivity index (χ0v) is 7.35. The summed E-state index contributed by atoms with van der Waals surface area (Å²) in [6.07, 6.45) is -6.86. The fourth-order valence-electron chi connectivity index (χ4n) is 0.552. The fourth-order valence-corrected chi connectivity index (χ4v) is 0.552. The number of esters is 1. The second-order valence-corrected chi connectivity index (χ2v) is 2.30. The summed E-state index contributed by atoms with van der Waals surface area (Å²) in [4.78, 5) is 10.4. The maximum atomic E-state index is 12.5. The molecule has 0 bridgehead atoms. The molecular formula is C7H11F3O3. The molecule has 0 aromatic heterocycles. The normalized spacial score (nSPS) is 13.9. The van der Waals surface area contributed by atoms with Crippen molar-refractivity contribution in [2.75, 3.05) is 13.7 Å². The Bertz CT molecular complexity index is 172. The van der Waals surface area contributed by atoms with Gasteiger partial charge in [-0.1, -0.05) is 6.92 Å². The smallest absolute Gasteiger partial charge is 0.397 e. The average molecular weight is 200 g/mol. The number of carbonyl (C=O) groups excluding carboxylic acids is 1. The number of methoxy groups -OCH3 is 1. The number of alkyl halides is 3. The van der Waals surface area contributed by atoms with E-state index in [1.54, 1.807) is 6.92 Å². The maximum Gasteiger partial charge on any atom is 0.397 e. The molecule has 0 fully saturated rings. The zero-order valence-electron chi connectivity index (χ0n) is 7.35. The van der Waals surface area contributed by atoms with Crippen LogP contribution >= 0.6 is 0 Å². The summed E-state index contributed by atoms with van der Waals surface area (Å²) in [7, 11) is 0.824. The minimum absolute atomic E-state index is 0.309. The summed E-state index contributed by atoms with van der Waals surface area (Å²) in [5.41, 5.74) is 0. The fraction of sp³-hybridized carbons (Fsp3) is 0.857. The molecule has 78 valence electrons. The van der Waals surface area contributed by atoms with Crippen LogP contribution in [0.2, 0.25) is 0 Å². The third-order valence-corrected chi connectivity index (χ3v) is 1.20. The van der Waals surface area contributed by atoms with Gasteiger partial charge in [0.15, 0.2) is 0 Å². The van der Waals surface area contributed by atoms with Crippen molar-refractivity contribution in [3.8, 4) is 0 Å². The zero-order chi connectivity index (χ0) is 10.5. The number of rotatable bonds is 5. The van der Waals surface area contributed by atoms with E-state index >= 15 is 0 Å².